The molecule has 0 aliphatic carbocycles. The van der Waals surface area contributed by atoms with Crippen LogP contribution in [-0.4, -0.2) is 24.5 Å². The fourth-order valence-corrected chi connectivity index (χ4v) is 2.80. The van der Waals surface area contributed by atoms with E-state index >= 15 is 0 Å². The number of aromatic amines is 1. The number of pyridine rings is 1. The Balaban J connectivity index is 1.89. The van der Waals surface area contributed by atoms with Crippen molar-refractivity contribution >= 4 is 33.7 Å². The Morgan fingerprint density at radius 3 is 3.10 bits per heavy atom. The molecular formula is C15H12ClN5. The van der Waals surface area contributed by atoms with Crippen LogP contribution < -0.4 is 0 Å². The molecule has 5 nitrogen and oxygen atoms in total. The minimum Gasteiger partial charge on any atom is -0.345 e. The molecule has 0 bridgehead atoms. The molecule has 0 atom stereocenters. The molecule has 4 aromatic rings. The molecule has 0 radical (unpaired) electrons. The van der Waals surface area contributed by atoms with Crippen molar-refractivity contribution in [3.63, 3.8) is 0 Å². The zero-order chi connectivity index (χ0) is 14.4. The summed E-state index contributed by atoms with van der Waals surface area (Å²) in [5.41, 5.74) is 5.00. The molecular weight excluding hydrogens is 286 g/mol. The molecule has 0 amide bonds. The van der Waals surface area contributed by atoms with Crippen LogP contribution in [0.15, 0.2) is 36.8 Å². The number of fused-ring (bicyclic) bond motifs is 2. The van der Waals surface area contributed by atoms with E-state index in [0.29, 0.717) is 11.7 Å². The number of halogens is 1. The zero-order valence-corrected chi connectivity index (χ0v) is 12.1. The van der Waals surface area contributed by atoms with Gasteiger partial charge in [0.2, 0.25) is 0 Å². The number of aromatic nitrogens is 5. The van der Waals surface area contributed by atoms with Gasteiger partial charge in [0.15, 0.2) is 0 Å². The number of hydrogen-bond acceptors (Lipinski definition) is 3. The lowest BCUT2D eigenvalue weighted by Gasteiger charge is -2.08. The first kappa shape index (κ1) is 12.3. The van der Waals surface area contributed by atoms with Crippen molar-refractivity contribution in [2.45, 2.75) is 13.5 Å². The molecule has 104 valence electrons. The topological polar surface area (TPSA) is 59.4 Å². The first-order valence-electron chi connectivity index (χ1n) is 6.62. The normalized spacial score (nSPS) is 11.5. The van der Waals surface area contributed by atoms with Crippen molar-refractivity contribution in [2.75, 3.05) is 0 Å². The van der Waals surface area contributed by atoms with Crippen LogP contribution in [0.3, 0.4) is 0 Å². The highest BCUT2D eigenvalue weighted by Crippen LogP contribution is 2.22. The van der Waals surface area contributed by atoms with E-state index in [0.717, 1.165) is 33.5 Å². The van der Waals surface area contributed by atoms with Crippen LogP contribution in [0.2, 0.25) is 5.15 Å². The lowest BCUT2D eigenvalue weighted by Crippen LogP contribution is -2.02. The van der Waals surface area contributed by atoms with Gasteiger partial charge in [0.05, 0.1) is 35.6 Å². The van der Waals surface area contributed by atoms with Gasteiger partial charge in [-0.2, -0.15) is 0 Å². The van der Waals surface area contributed by atoms with Gasteiger partial charge in [-0.1, -0.05) is 23.7 Å². The third-order valence-corrected chi connectivity index (χ3v) is 3.86. The van der Waals surface area contributed by atoms with Crippen molar-refractivity contribution in [2.24, 2.45) is 0 Å². The van der Waals surface area contributed by atoms with Crippen molar-refractivity contribution in [1.29, 1.82) is 0 Å². The van der Waals surface area contributed by atoms with Crippen molar-refractivity contribution in [1.82, 2.24) is 24.5 Å². The maximum atomic E-state index is 6.01. The summed E-state index contributed by atoms with van der Waals surface area (Å²) in [6, 6.07) is 7.98. The standard InChI is InChI=1S/C15H12ClN5/c1-9-20-12-6-17-14(16)5-13(12)21(9)7-10-3-2-4-11-15(10)19-8-18-11/h2-6,8H,7H2,1H3,(H,18,19). The SMILES string of the molecule is Cc1nc2cnc(Cl)cc2n1Cc1cccc2[nH]cnc12. The number of rotatable bonds is 2. The Hall–Kier alpha value is -2.40. The predicted molar refractivity (Wildman–Crippen MR) is 82.5 cm³/mol. The van der Waals surface area contributed by atoms with E-state index in [1.165, 1.54) is 0 Å². The van der Waals surface area contributed by atoms with E-state index in [1.807, 2.05) is 25.1 Å². The molecule has 0 saturated carbocycles. The number of H-pyrrole nitrogens is 1. The summed E-state index contributed by atoms with van der Waals surface area (Å²) in [4.78, 5) is 16.1. The number of aryl methyl sites for hydroxylation is 1. The largest absolute Gasteiger partial charge is 0.345 e. The van der Waals surface area contributed by atoms with Gasteiger partial charge >= 0.3 is 0 Å². The van der Waals surface area contributed by atoms with E-state index in [4.69, 9.17) is 11.6 Å². The van der Waals surface area contributed by atoms with Crippen LogP contribution in [0.1, 0.15) is 11.4 Å². The average Bonchev–Trinajstić information content (AvgIpc) is 3.05. The Morgan fingerprint density at radius 1 is 1.29 bits per heavy atom. The highest BCUT2D eigenvalue weighted by Gasteiger charge is 2.11. The van der Waals surface area contributed by atoms with Gasteiger partial charge in [-0.3, -0.25) is 0 Å². The Morgan fingerprint density at radius 2 is 2.19 bits per heavy atom. The van der Waals surface area contributed by atoms with Crippen molar-refractivity contribution < 1.29 is 0 Å². The predicted octanol–water partition coefficient (Wildman–Crippen LogP) is 3.32. The van der Waals surface area contributed by atoms with E-state index in [1.54, 1.807) is 12.5 Å². The fourth-order valence-electron chi connectivity index (χ4n) is 2.65. The molecule has 1 N–H and O–H groups in total. The minimum absolute atomic E-state index is 0.474. The Labute approximate surface area is 125 Å². The molecule has 0 fully saturated rings. The van der Waals surface area contributed by atoms with Crippen molar-refractivity contribution in [3.05, 3.63) is 53.3 Å². The van der Waals surface area contributed by atoms with Crippen LogP contribution in [-0.2, 0) is 6.54 Å². The summed E-state index contributed by atoms with van der Waals surface area (Å²) in [5.74, 6) is 0.932. The Bertz CT molecular complexity index is 953. The fraction of sp³-hybridized carbons (Fsp3) is 0.133. The van der Waals surface area contributed by atoms with E-state index in [2.05, 4.69) is 30.6 Å². The first-order chi connectivity index (χ1) is 10.2. The van der Waals surface area contributed by atoms with Crippen molar-refractivity contribution in [3.8, 4) is 0 Å². The third kappa shape index (κ3) is 1.97. The smallest absolute Gasteiger partial charge is 0.131 e. The van der Waals surface area contributed by atoms with Gasteiger partial charge in [-0.15, -0.1) is 0 Å². The molecule has 1 aromatic carbocycles. The molecule has 3 aromatic heterocycles. The molecule has 4 rings (SSSR count). The van der Waals surface area contributed by atoms with E-state index in [9.17, 15) is 0 Å². The van der Waals surface area contributed by atoms with Crippen LogP contribution in [0, 0.1) is 6.92 Å². The molecule has 0 saturated heterocycles. The van der Waals surface area contributed by atoms with E-state index in [-0.39, 0.29) is 0 Å². The summed E-state index contributed by atoms with van der Waals surface area (Å²) in [5, 5.41) is 0.474. The maximum Gasteiger partial charge on any atom is 0.131 e. The number of imidazole rings is 2. The molecule has 0 unspecified atom stereocenters. The molecule has 3 heterocycles. The molecule has 0 aliphatic heterocycles. The minimum atomic E-state index is 0.474. The second-order valence-electron chi connectivity index (χ2n) is 4.96. The molecule has 21 heavy (non-hydrogen) atoms. The first-order valence-corrected chi connectivity index (χ1v) is 6.99. The second-order valence-corrected chi connectivity index (χ2v) is 5.34. The summed E-state index contributed by atoms with van der Waals surface area (Å²) >= 11 is 6.01. The molecule has 0 aliphatic rings. The number of para-hydroxylation sites is 1. The number of hydrogen-bond donors (Lipinski definition) is 1. The van der Waals surface area contributed by atoms with Gasteiger partial charge in [-0.25, -0.2) is 15.0 Å². The van der Waals surface area contributed by atoms with Gasteiger partial charge < -0.3 is 9.55 Å². The monoisotopic (exact) mass is 297 g/mol. The lowest BCUT2D eigenvalue weighted by molar-refractivity contribution is 0.789. The summed E-state index contributed by atoms with van der Waals surface area (Å²) < 4.78 is 2.13. The van der Waals surface area contributed by atoms with E-state index < -0.39 is 0 Å². The summed E-state index contributed by atoms with van der Waals surface area (Å²) in [6.07, 6.45) is 3.42. The highest BCUT2D eigenvalue weighted by molar-refractivity contribution is 6.29. The summed E-state index contributed by atoms with van der Waals surface area (Å²) in [6.45, 7) is 2.68. The molecule has 0 spiro atoms. The van der Waals surface area contributed by atoms with Gasteiger partial charge in [0.25, 0.3) is 0 Å². The van der Waals surface area contributed by atoms with Crippen LogP contribution in [0.5, 0.6) is 0 Å². The lowest BCUT2D eigenvalue weighted by atomic mass is 10.2. The second kappa shape index (κ2) is 4.56. The summed E-state index contributed by atoms with van der Waals surface area (Å²) in [7, 11) is 0. The highest BCUT2D eigenvalue weighted by atomic mass is 35.5. The van der Waals surface area contributed by atoms with Crippen LogP contribution in [0.4, 0.5) is 0 Å². The van der Waals surface area contributed by atoms with Gasteiger partial charge in [-0.05, 0) is 18.6 Å². The quantitative estimate of drug-likeness (QED) is 0.577. The average molecular weight is 298 g/mol. The number of nitrogens with one attached hydrogen (secondary N) is 1. The van der Waals surface area contributed by atoms with Gasteiger partial charge in [0, 0.05) is 6.07 Å². The van der Waals surface area contributed by atoms with Crippen LogP contribution in [0.25, 0.3) is 22.1 Å². The molecule has 6 heteroatoms. The Kier molecular flexibility index (Phi) is 2.68. The zero-order valence-electron chi connectivity index (χ0n) is 11.3. The van der Waals surface area contributed by atoms with Crippen LogP contribution >= 0.6 is 11.6 Å². The number of benzene rings is 1. The maximum absolute atomic E-state index is 6.01. The third-order valence-electron chi connectivity index (χ3n) is 3.65. The van der Waals surface area contributed by atoms with Gasteiger partial charge in [0.1, 0.15) is 16.5 Å². The number of nitrogens with zero attached hydrogens (tertiary/aromatic N) is 4.